The molecular formula is C21H23N3O3. The number of imidazole rings is 1. The fraction of sp³-hybridized carbons (Fsp3) is 0.333. The predicted octanol–water partition coefficient (Wildman–Crippen LogP) is 2.76. The molecule has 1 aliphatic heterocycles. The van der Waals surface area contributed by atoms with Gasteiger partial charge in [0.05, 0.1) is 24.1 Å². The van der Waals surface area contributed by atoms with Crippen LogP contribution in [-0.2, 0) is 24.8 Å². The Morgan fingerprint density at radius 3 is 3.04 bits per heavy atom. The van der Waals surface area contributed by atoms with Crippen LogP contribution in [-0.4, -0.2) is 29.2 Å². The number of methoxy groups -OCH3 is 1. The maximum atomic E-state index is 12.6. The van der Waals surface area contributed by atoms with E-state index in [9.17, 15) is 4.79 Å². The number of fused-ring (bicyclic) bond motifs is 2. The number of rotatable bonds is 4. The summed E-state index contributed by atoms with van der Waals surface area (Å²) >= 11 is 0. The summed E-state index contributed by atoms with van der Waals surface area (Å²) in [6.45, 7) is 2.82. The zero-order chi connectivity index (χ0) is 19.0. The molecule has 4 rings (SSSR count). The van der Waals surface area contributed by atoms with Crippen molar-refractivity contribution in [1.29, 1.82) is 0 Å². The zero-order valence-corrected chi connectivity index (χ0v) is 15.8. The Morgan fingerprint density at radius 2 is 2.22 bits per heavy atom. The van der Waals surface area contributed by atoms with Gasteiger partial charge in [0.1, 0.15) is 12.4 Å². The highest BCUT2D eigenvalue weighted by atomic mass is 16.5. The molecule has 3 aromatic rings. The lowest BCUT2D eigenvalue weighted by Gasteiger charge is -2.25. The van der Waals surface area contributed by atoms with Crippen LogP contribution in [0.3, 0.4) is 0 Å². The fourth-order valence-corrected chi connectivity index (χ4v) is 3.53. The number of hydrogen-bond acceptors (Lipinski definition) is 4. The molecule has 1 atom stereocenters. The lowest BCUT2D eigenvalue weighted by atomic mass is 9.95. The molecule has 0 fully saturated rings. The molecular weight excluding hydrogens is 342 g/mol. The maximum Gasteiger partial charge on any atom is 0.227 e. The number of amides is 1. The van der Waals surface area contributed by atoms with Gasteiger partial charge < -0.3 is 19.4 Å². The van der Waals surface area contributed by atoms with Crippen LogP contribution in [0.5, 0.6) is 11.5 Å². The topological polar surface area (TPSA) is 65.4 Å². The number of para-hydroxylation sites is 1. The van der Waals surface area contributed by atoms with E-state index in [0.717, 1.165) is 33.7 Å². The van der Waals surface area contributed by atoms with Crippen molar-refractivity contribution in [3.8, 4) is 11.5 Å². The van der Waals surface area contributed by atoms with Gasteiger partial charge in [0.15, 0.2) is 11.5 Å². The number of ether oxygens (including phenoxy) is 2. The van der Waals surface area contributed by atoms with Gasteiger partial charge >= 0.3 is 0 Å². The van der Waals surface area contributed by atoms with Crippen LogP contribution in [0.4, 0.5) is 0 Å². The van der Waals surface area contributed by atoms with Gasteiger partial charge in [-0.3, -0.25) is 4.79 Å². The van der Waals surface area contributed by atoms with Gasteiger partial charge in [0.25, 0.3) is 0 Å². The standard InChI is InChI=1S/C21H23N3O3/c1-13-23-17-9-14(7-8-18(17)24(13)2)11-22-21(25)16-10-15-5-4-6-19(26-3)20(15)27-12-16/h4-9,16H,10-12H2,1-3H3,(H,22,25)/t16-/m0/s1. The SMILES string of the molecule is COc1cccc2c1OC[C@@H](C(=O)NCc1ccc3c(c1)nc(C)n3C)C2. The number of hydrogen-bond donors (Lipinski definition) is 1. The van der Waals surface area contributed by atoms with E-state index < -0.39 is 0 Å². The second-order valence-corrected chi connectivity index (χ2v) is 6.92. The summed E-state index contributed by atoms with van der Waals surface area (Å²) < 4.78 is 13.2. The van der Waals surface area contributed by atoms with E-state index in [2.05, 4.69) is 14.9 Å². The Bertz CT molecular complexity index is 1010. The van der Waals surface area contributed by atoms with Crippen LogP contribution in [0, 0.1) is 12.8 Å². The van der Waals surface area contributed by atoms with Crippen molar-refractivity contribution in [3.63, 3.8) is 0 Å². The molecule has 2 heterocycles. The van der Waals surface area contributed by atoms with Crippen LogP contribution < -0.4 is 14.8 Å². The van der Waals surface area contributed by atoms with Crippen LogP contribution in [0.15, 0.2) is 36.4 Å². The minimum Gasteiger partial charge on any atom is -0.493 e. The van der Waals surface area contributed by atoms with E-state index in [1.807, 2.05) is 50.4 Å². The van der Waals surface area contributed by atoms with Crippen molar-refractivity contribution in [1.82, 2.24) is 14.9 Å². The van der Waals surface area contributed by atoms with E-state index in [1.165, 1.54) is 0 Å². The van der Waals surface area contributed by atoms with Crippen LogP contribution in [0.25, 0.3) is 11.0 Å². The van der Waals surface area contributed by atoms with E-state index in [4.69, 9.17) is 9.47 Å². The second-order valence-electron chi connectivity index (χ2n) is 6.92. The van der Waals surface area contributed by atoms with Crippen LogP contribution >= 0.6 is 0 Å². The smallest absolute Gasteiger partial charge is 0.227 e. The molecule has 1 amide bonds. The summed E-state index contributed by atoms with van der Waals surface area (Å²) in [6, 6.07) is 11.9. The monoisotopic (exact) mass is 365 g/mol. The number of nitrogens with one attached hydrogen (secondary N) is 1. The minimum atomic E-state index is -0.203. The molecule has 0 aliphatic carbocycles. The molecule has 27 heavy (non-hydrogen) atoms. The van der Waals surface area contributed by atoms with Crippen molar-refractivity contribution in [2.45, 2.75) is 19.9 Å². The molecule has 0 radical (unpaired) electrons. The maximum absolute atomic E-state index is 12.6. The summed E-state index contributed by atoms with van der Waals surface area (Å²) in [7, 11) is 3.62. The molecule has 2 aromatic carbocycles. The summed E-state index contributed by atoms with van der Waals surface area (Å²) in [5, 5.41) is 3.03. The van der Waals surface area contributed by atoms with Crippen molar-refractivity contribution < 1.29 is 14.3 Å². The van der Waals surface area contributed by atoms with Gasteiger partial charge in [-0.25, -0.2) is 4.98 Å². The number of carbonyl (C=O) groups excluding carboxylic acids is 1. The molecule has 1 N–H and O–H groups in total. The Labute approximate surface area is 158 Å². The van der Waals surface area contributed by atoms with E-state index in [1.54, 1.807) is 7.11 Å². The summed E-state index contributed by atoms with van der Waals surface area (Å²) in [4.78, 5) is 17.2. The predicted molar refractivity (Wildman–Crippen MR) is 103 cm³/mol. The second kappa shape index (κ2) is 6.95. The summed E-state index contributed by atoms with van der Waals surface area (Å²) in [6.07, 6.45) is 0.650. The molecule has 0 saturated heterocycles. The quantitative estimate of drug-likeness (QED) is 0.772. The number of aromatic nitrogens is 2. The molecule has 0 unspecified atom stereocenters. The minimum absolute atomic E-state index is 0.000711. The third-order valence-corrected chi connectivity index (χ3v) is 5.18. The highest BCUT2D eigenvalue weighted by Gasteiger charge is 2.27. The van der Waals surface area contributed by atoms with Gasteiger partial charge in [0, 0.05) is 13.6 Å². The number of aryl methyl sites for hydroxylation is 2. The number of nitrogens with zero attached hydrogens (tertiary/aromatic N) is 2. The Kier molecular flexibility index (Phi) is 4.48. The average molecular weight is 365 g/mol. The zero-order valence-electron chi connectivity index (χ0n) is 15.8. The highest BCUT2D eigenvalue weighted by molar-refractivity contribution is 5.80. The molecule has 1 aliphatic rings. The first-order chi connectivity index (χ1) is 13.1. The largest absolute Gasteiger partial charge is 0.493 e. The van der Waals surface area contributed by atoms with Gasteiger partial charge in [-0.05, 0) is 42.7 Å². The molecule has 140 valence electrons. The molecule has 0 spiro atoms. The summed E-state index contributed by atoms with van der Waals surface area (Å²) in [5.41, 5.74) is 4.08. The van der Waals surface area contributed by atoms with Crippen LogP contribution in [0.1, 0.15) is 17.0 Å². The molecule has 0 bridgehead atoms. The normalized spacial score (nSPS) is 15.9. The van der Waals surface area contributed by atoms with Gasteiger partial charge in [0.2, 0.25) is 5.91 Å². The first kappa shape index (κ1) is 17.4. The molecule has 6 heteroatoms. The molecule has 1 aromatic heterocycles. The van der Waals surface area contributed by atoms with Gasteiger partial charge in [-0.2, -0.15) is 0 Å². The van der Waals surface area contributed by atoms with E-state index in [0.29, 0.717) is 25.3 Å². The molecule has 0 saturated carbocycles. The average Bonchev–Trinajstić information content (AvgIpc) is 2.98. The van der Waals surface area contributed by atoms with E-state index in [-0.39, 0.29) is 11.8 Å². The first-order valence-electron chi connectivity index (χ1n) is 9.05. The Balaban J connectivity index is 1.42. The van der Waals surface area contributed by atoms with Crippen molar-refractivity contribution in [2.75, 3.05) is 13.7 Å². The lowest BCUT2D eigenvalue weighted by molar-refractivity contribution is -0.126. The van der Waals surface area contributed by atoms with E-state index >= 15 is 0 Å². The fourth-order valence-electron chi connectivity index (χ4n) is 3.53. The van der Waals surface area contributed by atoms with Crippen LogP contribution in [0.2, 0.25) is 0 Å². The number of carbonyl (C=O) groups is 1. The molecule has 6 nitrogen and oxygen atoms in total. The lowest BCUT2D eigenvalue weighted by Crippen LogP contribution is -2.37. The van der Waals surface area contributed by atoms with Crippen molar-refractivity contribution >= 4 is 16.9 Å². The third kappa shape index (κ3) is 3.23. The Hall–Kier alpha value is -3.02. The van der Waals surface area contributed by atoms with Gasteiger partial charge in [-0.15, -0.1) is 0 Å². The van der Waals surface area contributed by atoms with Gasteiger partial charge in [-0.1, -0.05) is 18.2 Å². The first-order valence-corrected chi connectivity index (χ1v) is 9.05. The number of benzene rings is 2. The summed E-state index contributed by atoms with van der Waals surface area (Å²) in [5.74, 6) is 2.23. The highest BCUT2D eigenvalue weighted by Crippen LogP contribution is 2.36. The third-order valence-electron chi connectivity index (χ3n) is 5.18. The Morgan fingerprint density at radius 1 is 1.37 bits per heavy atom. The van der Waals surface area contributed by atoms with Crippen molar-refractivity contribution in [3.05, 3.63) is 53.3 Å². The van der Waals surface area contributed by atoms with Crippen molar-refractivity contribution in [2.24, 2.45) is 13.0 Å².